The van der Waals surface area contributed by atoms with Crippen LogP contribution in [0.3, 0.4) is 0 Å². The first-order valence-corrected chi connectivity index (χ1v) is 12.2. The van der Waals surface area contributed by atoms with E-state index < -0.39 is 29.5 Å². The highest BCUT2D eigenvalue weighted by atomic mass is 32.2. The average Bonchev–Trinajstić information content (AvgIpc) is 2.57. The Balaban J connectivity index is 0.000000300. The third kappa shape index (κ3) is 6.07. The van der Waals surface area contributed by atoms with Gasteiger partial charge in [0.1, 0.15) is 0 Å². The Morgan fingerprint density at radius 3 is 1.10 bits per heavy atom. The van der Waals surface area contributed by atoms with Crippen LogP contribution >= 0.6 is 0 Å². The zero-order valence-corrected chi connectivity index (χ0v) is 18.9. The number of nitrogens with zero attached hydrogens (tertiary/aromatic N) is 2. The van der Waals surface area contributed by atoms with Gasteiger partial charge in [-0.05, 0) is 49.9 Å². The third-order valence-electron chi connectivity index (χ3n) is 4.43. The topological polar surface area (TPSA) is 155 Å². The molecule has 0 N–H and O–H groups in total. The molecule has 0 unspecified atom stereocenters. The van der Waals surface area contributed by atoms with Crippen LogP contribution in [0.15, 0.2) is 34.1 Å². The van der Waals surface area contributed by atoms with Crippen LogP contribution in [0, 0.1) is 47.9 Å². The monoisotopic (exact) mass is 458 g/mol. The van der Waals surface area contributed by atoms with Crippen LogP contribution in [-0.4, -0.2) is 39.2 Å². The predicted octanol–water partition coefficient (Wildman–Crippen LogP) is 3.23. The predicted molar refractivity (Wildman–Crippen MR) is 111 cm³/mol. The van der Waals surface area contributed by atoms with E-state index in [1.165, 1.54) is 12.1 Å². The Morgan fingerprint density at radius 2 is 0.900 bits per heavy atom. The maximum absolute atomic E-state index is 11.4. The molecular weight excluding hydrogens is 436 g/mol. The molecule has 0 aliphatic rings. The number of sulfone groups is 2. The smallest absolute Gasteiger partial charge is 0.258 e. The van der Waals surface area contributed by atoms with Gasteiger partial charge < -0.3 is 0 Å². The van der Waals surface area contributed by atoms with E-state index in [4.69, 9.17) is 0 Å². The lowest BCUT2D eigenvalue weighted by Gasteiger charge is -2.06. The largest absolute Gasteiger partial charge is 0.271 e. The molecule has 0 saturated carbocycles. The summed E-state index contributed by atoms with van der Waals surface area (Å²) in [4.78, 5) is 20.0. The van der Waals surface area contributed by atoms with E-state index in [9.17, 15) is 37.1 Å². The highest BCUT2D eigenvalue weighted by Gasteiger charge is 2.19. The standard InChI is InChI=1S/2C9H11NO4S/c2*1-6-4-8(10(11)12)5-9(7(6)2)15(3,13)14/h2*4-5H,1-3H3. The number of non-ortho nitro benzene ring substituents is 2. The molecule has 0 heterocycles. The van der Waals surface area contributed by atoms with Crippen molar-refractivity contribution in [2.75, 3.05) is 12.5 Å². The molecule has 0 aliphatic carbocycles. The van der Waals surface area contributed by atoms with Crippen LogP contribution in [0.5, 0.6) is 0 Å². The molecule has 0 aliphatic heterocycles. The fraction of sp³-hybridized carbons (Fsp3) is 0.333. The molecule has 2 aromatic carbocycles. The van der Waals surface area contributed by atoms with Crippen LogP contribution in [0.1, 0.15) is 22.3 Å². The summed E-state index contributed by atoms with van der Waals surface area (Å²) in [6.07, 6.45) is 2.08. The Morgan fingerprint density at radius 1 is 0.633 bits per heavy atom. The van der Waals surface area contributed by atoms with Crippen LogP contribution in [-0.2, 0) is 19.7 Å². The van der Waals surface area contributed by atoms with Crippen molar-refractivity contribution in [1.82, 2.24) is 0 Å². The molecule has 2 aromatic rings. The van der Waals surface area contributed by atoms with Gasteiger partial charge in [0, 0.05) is 36.8 Å². The van der Waals surface area contributed by atoms with Gasteiger partial charge in [0.2, 0.25) is 0 Å². The van der Waals surface area contributed by atoms with Gasteiger partial charge in [-0.1, -0.05) is 0 Å². The van der Waals surface area contributed by atoms with Crippen molar-refractivity contribution in [1.29, 1.82) is 0 Å². The summed E-state index contributed by atoms with van der Waals surface area (Å²) in [5, 5.41) is 21.1. The van der Waals surface area contributed by atoms with Gasteiger partial charge in [-0.3, -0.25) is 20.2 Å². The molecule has 12 heteroatoms. The molecule has 0 fully saturated rings. The number of benzene rings is 2. The van der Waals surface area contributed by atoms with Crippen LogP contribution < -0.4 is 0 Å². The minimum atomic E-state index is -3.42. The zero-order chi connectivity index (χ0) is 23.6. The summed E-state index contributed by atoms with van der Waals surface area (Å²) in [6.45, 7) is 6.57. The minimum absolute atomic E-state index is 0.0224. The molecule has 0 atom stereocenters. The molecule has 0 bridgehead atoms. The van der Waals surface area contributed by atoms with E-state index in [0.29, 0.717) is 22.3 Å². The van der Waals surface area contributed by atoms with E-state index in [1.54, 1.807) is 27.7 Å². The lowest BCUT2D eigenvalue weighted by Crippen LogP contribution is -2.03. The fourth-order valence-electron chi connectivity index (χ4n) is 2.60. The third-order valence-corrected chi connectivity index (χ3v) is 6.88. The normalized spacial score (nSPS) is 11.4. The number of nitro groups is 2. The van der Waals surface area contributed by atoms with Crippen LogP contribution in [0.25, 0.3) is 0 Å². The minimum Gasteiger partial charge on any atom is -0.258 e. The maximum atomic E-state index is 11.4. The molecule has 0 spiro atoms. The lowest BCUT2D eigenvalue weighted by molar-refractivity contribution is -0.385. The van der Waals surface area contributed by atoms with Crippen molar-refractivity contribution in [2.24, 2.45) is 0 Å². The zero-order valence-electron chi connectivity index (χ0n) is 17.3. The van der Waals surface area contributed by atoms with Crippen molar-refractivity contribution in [3.63, 3.8) is 0 Å². The van der Waals surface area contributed by atoms with Gasteiger partial charge >= 0.3 is 0 Å². The van der Waals surface area contributed by atoms with E-state index in [2.05, 4.69) is 0 Å². The van der Waals surface area contributed by atoms with E-state index in [-0.39, 0.29) is 21.2 Å². The molecule has 2 rings (SSSR count). The average molecular weight is 459 g/mol. The molecule has 30 heavy (non-hydrogen) atoms. The number of rotatable bonds is 4. The second kappa shape index (κ2) is 8.88. The number of nitro benzene ring substituents is 2. The van der Waals surface area contributed by atoms with Crippen molar-refractivity contribution in [2.45, 2.75) is 37.5 Å². The van der Waals surface area contributed by atoms with E-state index >= 15 is 0 Å². The first kappa shape index (κ1) is 25.2. The van der Waals surface area contributed by atoms with E-state index in [0.717, 1.165) is 24.6 Å². The lowest BCUT2D eigenvalue weighted by atomic mass is 10.1. The van der Waals surface area contributed by atoms with E-state index in [1.807, 2.05) is 0 Å². The summed E-state index contributed by atoms with van der Waals surface area (Å²) in [5.74, 6) is 0. The fourth-order valence-corrected chi connectivity index (χ4v) is 4.70. The summed E-state index contributed by atoms with van der Waals surface area (Å²) in [6, 6.07) is 4.92. The Kier molecular flexibility index (Phi) is 7.45. The first-order valence-electron chi connectivity index (χ1n) is 8.38. The molecule has 0 saturated heterocycles. The van der Waals surface area contributed by atoms with Crippen molar-refractivity contribution < 1.29 is 26.7 Å². The maximum Gasteiger partial charge on any atom is 0.271 e. The number of hydrogen-bond acceptors (Lipinski definition) is 8. The highest BCUT2D eigenvalue weighted by Crippen LogP contribution is 2.26. The number of aryl methyl sites for hydroxylation is 2. The van der Waals surface area contributed by atoms with Crippen LogP contribution in [0.4, 0.5) is 11.4 Å². The second-order valence-corrected chi connectivity index (χ2v) is 10.8. The summed E-state index contributed by atoms with van der Waals surface area (Å²) in [7, 11) is -6.83. The quantitative estimate of drug-likeness (QED) is 0.499. The van der Waals surface area contributed by atoms with Gasteiger partial charge in [-0.25, -0.2) is 16.8 Å². The molecule has 0 radical (unpaired) electrons. The molecule has 164 valence electrons. The van der Waals surface area contributed by atoms with Gasteiger partial charge in [0.25, 0.3) is 11.4 Å². The van der Waals surface area contributed by atoms with Gasteiger partial charge in [0.05, 0.1) is 19.6 Å². The number of hydrogen-bond donors (Lipinski definition) is 0. The van der Waals surface area contributed by atoms with Crippen molar-refractivity contribution in [3.8, 4) is 0 Å². The highest BCUT2D eigenvalue weighted by molar-refractivity contribution is 7.91. The second-order valence-electron chi connectivity index (χ2n) is 6.83. The van der Waals surface area contributed by atoms with Gasteiger partial charge in [-0.15, -0.1) is 0 Å². The van der Waals surface area contributed by atoms with Crippen molar-refractivity contribution >= 4 is 31.0 Å². The summed E-state index contributed by atoms with van der Waals surface area (Å²) in [5.41, 5.74) is 1.93. The Bertz CT molecular complexity index is 1140. The van der Waals surface area contributed by atoms with Gasteiger partial charge in [-0.2, -0.15) is 0 Å². The van der Waals surface area contributed by atoms with Gasteiger partial charge in [0.15, 0.2) is 19.7 Å². The molecular formula is C18H22N2O8S2. The molecule has 0 aromatic heterocycles. The SMILES string of the molecule is Cc1cc([N+](=O)[O-])cc(S(C)(=O)=O)c1C.Cc1cc([N+](=O)[O-])cc(S(C)(=O)=O)c1C. The summed E-state index contributed by atoms with van der Waals surface area (Å²) < 4.78 is 45.4. The molecule has 10 nitrogen and oxygen atoms in total. The van der Waals surface area contributed by atoms with Crippen molar-refractivity contribution in [3.05, 3.63) is 66.7 Å². The summed E-state index contributed by atoms with van der Waals surface area (Å²) >= 11 is 0. The molecule has 0 amide bonds. The Labute approximate surface area is 174 Å². The Hall–Kier alpha value is -2.86. The first-order chi connectivity index (χ1) is 13.5. The van der Waals surface area contributed by atoms with Crippen LogP contribution in [0.2, 0.25) is 0 Å².